The summed E-state index contributed by atoms with van der Waals surface area (Å²) in [5.41, 5.74) is 7.28. The molecule has 1 fully saturated rings. The number of nitrogens with zero attached hydrogens (tertiary/aromatic N) is 3. The van der Waals surface area contributed by atoms with E-state index in [0.29, 0.717) is 11.5 Å². The average Bonchev–Trinajstić information content (AvgIpc) is 3.37. The van der Waals surface area contributed by atoms with Gasteiger partial charge in [0.2, 0.25) is 0 Å². The van der Waals surface area contributed by atoms with Crippen molar-refractivity contribution in [1.29, 1.82) is 0 Å². The number of amides is 1. The lowest BCUT2D eigenvalue weighted by atomic mass is 9.89. The van der Waals surface area contributed by atoms with E-state index in [9.17, 15) is 4.79 Å². The third kappa shape index (κ3) is 6.37. The number of aromatic nitrogens is 2. The topological polar surface area (TPSA) is 50.2 Å². The summed E-state index contributed by atoms with van der Waals surface area (Å²) >= 11 is 6.14. The smallest absolute Gasteiger partial charge is 0.255 e. The van der Waals surface area contributed by atoms with Crippen LogP contribution in [0.3, 0.4) is 0 Å². The highest BCUT2D eigenvalue weighted by Gasteiger charge is 2.21. The van der Waals surface area contributed by atoms with E-state index in [1.165, 1.54) is 11.1 Å². The molecule has 1 saturated heterocycles. The molecule has 1 N–H and O–H groups in total. The number of imidazole rings is 1. The minimum Gasteiger partial charge on any atom is -0.324 e. The van der Waals surface area contributed by atoms with Gasteiger partial charge in [0.05, 0.1) is 11.0 Å². The maximum Gasteiger partial charge on any atom is 0.255 e. The summed E-state index contributed by atoms with van der Waals surface area (Å²) < 4.78 is 2.35. The summed E-state index contributed by atoms with van der Waals surface area (Å²) in [4.78, 5) is 20.2. The van der Waals surface area contributed by atoms with Crippen molar-refractivity contribution in [2.75, 3.05) is 25.0 Å². The number of rotatable bonds is 8. The highest BCUT2D eigenvalue weighted by atomic mass is 35.5. The second kappa shape index (κ2) is 12.3. The molecule has 208 valence electrons. The first-order chi connectivity index (χ1) is 20.0. The minimum absolute atomic E-state index is 0.0677. The maximum absolute atomic E-state index is 12.7. The molecule has 6 rings (SSSR count). The third-order valence-corrected chi connectivity index (χ3v) is 8.38. The summed E-state index contributed by atoms with van der Waals surface area (Å²) in [6.07, 6.45) is 3.31. The third-order valence-electron chi connectivity index (χ3n) is 8.13. The van der Waals surface area contributed by atoms with Gasteiger partial charge in [-0.3, -0.25) is 4.79 Å². The molecular formula is C35H35ClN4O. The van der Waals surface area contributed by atoms with Crippen molar-refractivity contribution in [3.05, 3.63) is 119 Å². The first-order valence-electron chi connectivity index (χ1n) is 14.4. The van der Waals surface area contributed by atoms with E-state index in [-0.39, 0.29) is 5.91 Å². The van der Waals surface area contributed by atoms with Crippen molar-refractivity contribution in [3.8, 4) is 11.4 Å². The van der Waals surface area contributed by atoms with Crippen molar-refractivity contribution in [3.63, 3.8) is 0 Å². The summed E-state index contributed by atoms with van der Waals surface area (Å²) in [5, 5.41) is 3.81. The Kier molecular flexibility index (Phi) is 8.17. The van der Waals surface area contributed by atoms with Gasteiger partial charge in [0.1, 0.15) is 5.82 Å². The van der Waals surface area contributed by atoms with Crippen LogP contribution in [0.15, 0.2) is 97.1 Å². The number of para-hydroxylation sites is 2. The number of hydrogen-bond donors (Lipinski definition) is 1. The van der Waals surface area contributed by atoms with E-state index in [4.69, 9.17) is 16.6 Å². The van der Waals surface area contributed by atoms with Crippen LogP contribution < -0.4 is 5.32 Å². The molecule has 0 radical (unpaired) electrons. The number of fused-ring (bicyclic) bond motifs is 1. The standard InChI is InChI=1S/C35H35ClN4O/c1-25-10-12-28(13-11-25)35(41)37-31-7-4-6-29(24-31)26-18-22-39(23-19-26)20-5-21-40-33-9-3-2-8-32(33)38-34(40)27-14-16-30(36)17-15-27/h2-4,6-17,24,26H,5,18-23H2,1H3,(H,37,41). The molecule has 6 heteroatoms. The quantitative estimate of drug-likeness (QED) is 0.207. The van der Waals surface area contributed by atoms with E-state index >= 15 is 0 Å². The number of benzene rings is 4. The molecule has 41 heavy (non-hydrogen) atoms. The van der Waals surface area contributed by atoms with Gasteiger partial charge < -0.3 is 14.8 Å². The Balaban J connectivity index is 1.05. The zero-order valence-corrected chi connectivity index (χ0v) is 24.1. The predicted molar refractivity (Wildman–Crippen MR) is 169 cm³/mol. The molecule has 5 nitrogen and oxygen atoms in total. The van der Waals surface area contributed by atoms with Crippen LogP contribution in [0.1, 0.15) is 46.7 Å². The van der Waals surface area contributed by atoms with Crippen LogP contribution in [-0.4, -0.2) is 40.0 Å². The fourth-order valence-electron chi connectivity index (χ4n) is 5.84. The zero-order chi connectivity index (χ0) is 28.2. The number of nitrogens with one attached hydrogen (secondary N) is 1. The lowest BCUT2D eigenvalue weighted by molar-refractivity contribution is 0.102. The maximum atomic E-state index is 12.7. The number of halogens is 1. The molecule has 1 amide bonds. The summed E-state index contributed by atoms with van der Waals surface area (Å²) in [6.45, 7) is 6.17. The highest BCUT2D eigenvalue weighted by Crippen LogP contribution is 2.30. The van der Waals surface area contributed by atoms with Crippen molar-refractivity contribution < 1.29 is 4.79 Å². The average molecular weight is 563 g/mol. The monoisotopic (exact) mass is 562 g/mol. The van der Waals surface area contributed by atoms with Crippen molar-refractivity contribution in [2.24, 2.45) is 0 Å². The Hall–Kier alpha value is -3.93. The number of hydrogen-bond acceptors (Lipinski definition) is 3. The first kappa shape index (κ1) is 27.3. The van der Waals surface area contributed by atoms with E-state index in [1.54, 1.807) is 0 Å². The number of piperidine rings is 1. The van der Waals surface area contributed by atoms with Crippen molar-refractivity contribution in [1.82, 2.24) is 14.5 Å². The van der Waals surface area contributed by atoms with Crippen LogP contribution in [-0.2, 0) is 6.54 Å². The highest BCUT2D eigenvalue weighted by molar-refractivity contribution is 6.30. The Labute approximate surface area is 246 Å². The van der Waals surface area contributed by atoms with E-state index < -0.39 is 0 Å². The SMILES string of the molecule is Cc1ccc(C(=O)Nc2cccc(C3CCN(CCCn4c(-c5ccc(Cl)cc5)nc5ccccc54)CC3)c2)cc1. The molecule has 1 aliphatic heterocycles. The van der Waals surface area contributed by atoms with Crippen LogP contribution >= 0.6 is 11.6 Å². The number of aryl methyl sites for hydroxylation is 2. The molecule has 2 heterocycles. The minimum atomic E-state index is -0.0677. The van der Waals surface area contributed by atoms with Crippen LogP contribution in [0.25, 0.3) is 22.4 Å². The Bertz CT molecular complexity index is 1630. The summed E-state index contributed by atoms with van der Waals surface area (Å²) in [7, 11) is 0. The molecule has 5 aromatic rings. The summed E-state index contributed by atoms with van der Waals surface area (Å²) in [5.74, 6) is 1.44. The number of anilines is 1. The molecule has 0 bridgehead atoms. The van der Waals surface area contributed by atoms with Gasteiger partial charge in [-0.25, -0.2) is 4.98 Å². The second-order valence-corrected chi connectivity index (χ2v) is 11.4. The van der Waals surface area contributed by atoms with Crippen LogP contribution in [0.4, 0.5) is 5.69 Å². The summed E-state index contributed by atoms with van der Waals surface area (Å²) in [6, 6.07) is 32.4. The van der Waals surface area contributed by atoms with Crippen molar-refractivity contribution in [2.45, 2.75) is 38.6 Å². The van der Waals surface area contributed by atoms with Gasteiger partial charge in [-0.2, -0.15) is 0 Å². The molecule has 1 aromatic heterocycles. The van der Waals surface area contributed by atoms with Crippen LogP contribution in [0.5, 0.6) is 0 Å². The number of carbonyl (C=O) groups excluding carboxylic acids is 1. The lowest BCUT2D eigenvalue weighted by Gasteiger charge is -2.32. The fraction of sp³-hybridized carbons (Fsp3) is 0.257. The Morgan fingerprint density at radius 3 is 2.44 bits per heavy atom. The Morgan fingerprint density at radius 1 is 0.902 bits per heavy atom. The lowest BCUT2D eigenvalue weighted by Crippen LogP contribution is -2.34. The molecule has 0 saturated carbocycles. The van der Waals surface area contributed by atoms with Crippen LogP contribution in [0, 0.1) is 6.92 Å². The van der Waals surface area contributed by atoms with Gasteiger partial charge in [-0.15, -0.1) is 0 Å². The molecule has 0 unspecified atom stereocenters. The molecule has 1 aliphatic rings. The largest absolute Gasteiger partial charge is 0.324 e. The normalized spacial score (nSPS) is 14.4. The van der Waals surface area contributed by atoms with E-state index in [0.717, 1.165) is 78.6 Å². The van der Waals surface area contributed by atoms with Gasteiger partial charge in [-0.05, 0) is 118 Å². The molecule has 0 aliphatic carbocycles. The fourth-order valence-corrected chi connectivity index (χ4v) is 5.97. The Morgan fingerprint density at radius 2 is 1.66 bits per heavy atom. The molecule has 0 spiro atoms. The zero-order valence-electron chi connectivity index (χ0n) is 23.4. The predicted octanol–water partition coefficient (Wildman–Crippen LogP) is 8.19. The molecule has 0 atom stereocenters. The van der Waals surface area contributed by atoms with Gasteiger partial charge in [-0.1, -0.05) is 53.6 Å². The molecular weight excluding hydrogens is 528 g/mol. The number of likely N-dealkylation sites (tertiary alicyclic amines) is 1. The van der Waals surface area contributed by atoms with Gasteiger partial charge in [0.15, 0.2) is 0 Å². The van der Waals surface area contributed by atoms with Gasteiger partial charge in [0.25, 0.3) is 5.91 Å². The van der Waals surface area contributed by atoms with Crippen LogP contribution in [0.2, 0.25) is 5.02 Å². The second-order valence-electron chi connectivity index (χ2n) is 11.0. The van der Waals surface area contributed by atoms with Crippen molar-refractivity contribution >= 4 is 34.2 Å². The van der Waals surface area contributed by atoms with E-state index in [1.807, 2.05) is 67.6 Å². The number of carbonyl (C=O) groups is 1. The van der Waals surface area contributed by atoms with Gasteiger partial charge in [0, 0.05) is 28.4 Å². The first-order valence-corrected chi connectivity index (χ1v) is 14.8. The van der Waals surface area contributed by atoms with Gasteiger partial charge >= 0.3 is 0 Å². The van der Waals surface area contributed by atoms with E-state index in [2.05, 4.69) is 51.2 Å². The molecule has 4 aromatic carbocycles.